The van der Waals surface area contributed by atoms with E-state index in [2.05, 4.69) is 4.84 Å². The summed E-state index contributed by atoms with van der Waals surface area (Å²) < 4.78 is 0. The summed E-state index contributed by atoms with van der Waals surface area (Å²) in [5.41, 5.74) is 0. The number of aliphatic hydroxyl groups excluding tert-OH is 1. The van der Waals surface area contributed by atoms with E-state index >= 15 is 0 Å². The summed E-state index contributed by atoms with van der Waals surface area (Å²) in [5, 5.41) is 9.06. The molecule has 0 atom stereocenters. The van der Waals surface area contributed by atoms with Gasteiger partial charge in [0.2, 0.25) is 0 Å². The van der Waals surface area contributed by atoms with Crippen LogP contribution in [0.2, 0.25) is 0 Å². The second-order valence-electron chi connectivity index (χ2n) is 2.53. The first-order valence-corrected chi connectivity index (χ1v) is 3.55. The van der Waals surface area contributed by atoms with Gasteiger partial charge in [-0.2, -0.15) is 5.90 Å². The molecule has 0 radical (unpaired) electrons. The van der Waals surface area contributed by atoms with E-state index in [0.29, 0.717) is 5.76 Å². The van der Waals surface area contributed by atoms with Gasteiger partial charge in [-0.15, -0.1) is 0 Å². The fraction of sp³-hybridized carbons (Fsp3) is 0.500. The van der Waals surface area contributed by atoms with Gasteiger partial charge in [0.05, 0.1) is 0 Å². The standard InChI is InChI=1S/C8H15NO2/c1-4-7(10)5-8(11-9)6(2)3/h4-6,10H,9H2,1-3H3/b7-4+,8-5-. The highest BCUT2D eigenvalue weighted by molar-refractivity contribution is 5.14. The van der Waals surface area contributed by atoms with Crippen molar-refractivity contribution in [1.29, 1.82) is 0 Å². The average Bonchev–Trinajstić information content (AvgIpc) is 1.99. The highest BCUT2D eigenvalue weighted by Crippen LogP contribution is 2.10. The quantitative estimate of drug-likeness (QED) is 0.373. The fourth-order valence-electron chi connectivity index (χ4n) is 0.566. The maximum Gasteiger partial charge on any atom is 0.130 e. The van der Waals surface area contributed by atoms with Crippen LogP contribution in [0.1, 0.15) is 20.8 Å². The Balaban J connectivity index is 4.35. The van der Waals surface area contributed by atoms with Gasteiger partial charge in [-0.1, -0.05) is 13.8 Å². The van der Waals surface area contributed by atoms with E-state index in [1.807, 2.05) is 13.8 Å². The van der Waals surface area contributed by atoms with E-state index in [9.17, 15) is 0 Å². The van der Waals surface area contributed by atoms with Crippen molar-refractivity contribution >= 4 is 0 Å². The lowest BCUT2D eigenvalue weighted by molar-refractivity contribution is 0.189. The van der Waals surface area contributed by atoms with Gasteiger partial charge in [0.15, 0.2) is 0 Å². The predicted molar refractivity (Wildman–Crippen MR) is 44.6 cm³/mol. The van der Waals surface area contributed by atoms with E-state index in [1.165, 1.54) is 6.08 Å². The first kappa shape index (κ1) is 10.0. The third-order valence-electron chi connectivity index (χ3n) is 1.29. The molecule has 0 aliphatic heterocycles. The van der Waals surface area contributed by atoms with Gasteiger partial charge >= 0.3 is 0 Å². The third-order valence-corrected chi connectivity index (χ3v) is 1.29. The van der Waals surface area contributed by atoms with Crippen molar-refractivity contribution in [2.24, 2.45) is 11.8 Å². The molecule has 0 saturated heterocycles. The summed E-state index contributed by atoms with van der Waals surface area (Å²) in [6, 6.07) is 0. The Morgan fingerprint density at radius 1 is 1.55 bits per heavy atom. The number of aliphatic hydroxyl groups is 1. The highest BCUT2D eigenvalue weighted by Gasteiger charge is 2.03. The minimum absolute atomic E-state index is 0.166. The van der Waals surface area contributed by atoms with Crippen LogP contribution in [0.15, 0.2) is 23.7 Å². The largest absolute Gasteiger partial charge is 0.508 e. The van der Waals surface area contributed by atoms with E-state index in [0.717, 1.165) is 0 Å². The van der Waals surface area contributed by atoms with Gasteiger partial charge in [0, 0.05) is 12.0 Å². The normalized spacial score (nSPS) is 13.9. The van der Waals surface area contributed by atoms with Crippen molar-refractivity contribution < 1.29 is 9.94 Å². The molecule has 0 spiro atoms. The molecule has 0 bridgehead atoms. The summed E-state index contributed by atoms with van der Waals surface area (Å²) in [6.45, 7) is 5.60. The zero-order valence-electron chi connectivity index (χ0n) is 7.16. The molecular formula is C8H15NO2. The molecule has 0 aromatic rings. The molecule has 0 aliphatic rings. The van der Waals surface area contributed by atoms with E-state index in [1.54, 1.807) is 13.0 Å². The number of hydrogen-bond acceptors (Lipinski definition) is 3. The fourth-order valence-corrected chi connectivity index (χ4v) is 0.566. The molecule has 3 N–H and O–H groups in total. The first-order chi connectivity index (χ1) is 5.11. The Bertz CT molecular complexity index is 171. The van der Waals surface area contributed by atoms with Gasteiger partial charge < -0.3 is 9.94 Å². The maximum atomic E-state index is 9.06. The van der Waals surface area contributed by atoms with Crippen LogP contribution in [-0.4, -0.2) is 5.11 Å². The van der Waals surface area contributed by atoms with Crippen molar-refractivity contribution in [2.45, 2.75) is 20.8 Å². The summed E-state index contributed by atoms with van der Waals surface area (Å²) in [5.74, 6) is 5.89. The molecular weight excluding hydrogens is 142 g/mol. The Morgan fingerprint density at radius 3 is 2.36 bits per heavy atom. The predicted octanol–water partition coefficient (Wildman–Crippen LogP) is 1.88. The SMILES string of the molecule is C/C=C(O)\C=C(/ON)C(C)C. The van der Waals surface area contributed by atoms with Crippen molar-refractivity contribution in [3.05, 3.63) is 23.7 Å². The Morgan fingerprint density at radius 2 is 2.09 bits per heavy atom. The Kier molecular flexibility index (Phi) is 4.38. The Hall–Kier alpha value is -0.960. The second-order valence-corrected chi connectivity index (χ2v) is 2.53. The van der Waals surface area contributed by atoms with Crippen LogP contribution in [-0.2, 0) is 4.84 Å². The number of nitrogens with two attached hydrogens (primary N) is 1. The lowest BCUT2D eigenvalue weighted by Crippen LogP contribution is -2.05. The van der Waals surface area contributed by atoms with Crippen molar-refractivity contribution in [2.75, 3.05) is 0 Å². The number of hydrogen-bond donors (Lipinski definition) is 2. The van der Waals surface area contributed by atoms with Crippen LogP contribution in [0.3, 0.4) is 0 Å². The molecule has 0 aliphatic carbocycles. The molecule has 0 rings (SSSR count). The Labute approximate surface area is 67.1 Å². The monoisotopic (exact) mass is 157 g/mol. The second kappa shape index (κ2) is 4.79. The molecule has 0 aromatic heterocycles. The van der Waals surface area contributed by atoms with Crippen LogP contribution in [0, 0.1) is 5.92 Å². The zero-order valence-corrected chi connectivity index (χ0v) is 7.16. The molecule has 3 nitrogen and oxygen atoms in total. The number of allylic oxidation sites excluding steroid dienone is 3. The van der Waals surface area contributed by atoms with Crippen molar-refractivity contribution in [3.63, 3.8) is 0 Å². The molecule has 64 valence electrons. The van der Waals surface area contributed by atoms with Crippen molar-refractivity contribution in [1.82, 2.24) is 0 Å². The molecule has 3 heteroatoms. The van der Waals surface area contributed by atoms with Gasteiger partial charge in [0.1, 0.15) is 11.5 Å². The van der Waals surface area contributed by atoms with Crippen LogP contribution >= 0.6 is 0 Å². The summed E-state index contributed by atoms with van der Waals surface area (Å²) in [7, 11) is 0. The molecule has 0 fully saturated rings. The topological polar surface area (TPSA) is 55.5 Å². The van der Waals surface area contributed by atoms with Crippen LogP contribution in [0.25, 0.3) is 0 Å². The molecule has 0 unspecified atom stereocenters. The first-order valence-electron chi connectivity index (χ1n) is 3.55. The zero-order chi connectivity index (χ0) is 8.85. The van der Waals surface area contributed by atoms with Gasteiger partial charge in [-0.25, -0.2) is 0 Å². The number of rotatable bonds is 3. The lowest BCUT2D eigenvalue weighted by Gasteiger charge is -2.07. The lowest BCUT2D eigenvalue weighted by atomic mass is 10.1. The summed E-state index contributed by atoms with van der Waals surface area (Å²) in [6.07, 6.45) is 3.08. The molecule has 11 heavy (non-hydrogen) atoms. The van der Waals surface area contributed by atoms with Crippen LogP contribution in [0.4, 0.5) is 0 Å². The van der Waals surface area contributed by atoms with Gasteiger partial charge in [-0.3, -0.25) is 0 Å². The van der Waals surface area contributed by atoms with E-state index in [-0.39, 0.29) is 11.7 Å². The smallest absolute Gasteiger partial charge is 0.130 e. The minimum Gasteiger partial charge on any atom is -0.508 e. The molecule has 0 aromatic carbocycles. The molecule has 0 heterocycles. The van der Waals surface area contributed by atoms with E-state index < -0.39 is 0 Å². The maximum absolute atomic E-state index is 9.06. The summed E-state index contributed by atoms with van der Waals surface area (Å²) >= 11 is 0. The average molecular weight is 157 g/mol. The highest BCUT2D eigenvalue weighted by atomic mass is 16.6. The molecule has 0 amide bonds. The minimum atomic E-state index is 0.166. The third kappa shape index (κ3) is 3.68. The van der Waals surface area contributed by atoms with E-state index in [4.69, 9.17) is 11.0 Å². The molecule has 0 saturated carbocycles. The van der Waals surface area contributed by atoms with Gasteiger partial charge in [-0.05, 0) is 13.0 Å². The van der Waals surface area contributed by atoms with Crippen LogP contribution < -0.4 is 5.90 Å². The summed E-state index contributed by atoms with van der Waals surface area (Å²) in [4.78, 5) is 4.54. The van der Waals surface area contributed by atoms with Crippen molar-refractivity contribution in [3.8, 4) is 0 Å². The van der Waals surface area contributed by atoms with Crippen LogP contribution in [0.5, 0.6) is 0 Å². The van der Waals surface area contributed by atoms with Gasteiger partial charge in [0.25, 0.3) is 0 Å².